The molecule has 1 aromatic heterocycles. The molecule has 2 unspecified atom stereocenters. The number of fused-ring (bicyclic) bond motifs is 2. The number of carbonyl (C=O) groups excluding carboxylic acids is 2. The average molecular weight is 306 g/mol. The SMILES string of the molecule is Cc1c(C(=O)/C=C2/C(=O)C3CCC2C3)cnn1-c1ccccc1. The van der Waals surface area contributed by atoms with Crippen molar-refractivity contribution < 1.29 is 9.59 Å². The van der Waals surface area contributed by atoms with Crippen LogP contribution in [0.5, 0.6) is 0 Å². The summed E-state index contributed by atoms with van der Waals surface area (Å²) in [7, 11) is 0. The molecule has 0 amide bonds. The number of Topliss-reactive ketones (excluding diaryl/α,β-unsaturated/α-hetero) is 1. The van der Waals surface area contributed by atoms with E-state index in [1.807, 2.05) is 37.3 Å². The first-order valence-corrected chi connectivity index (χ1v) is 8.05. The Kier molecular flexibility index (Phi) is 3.26. The van der Waals surface area contributed by atoms with E-state index < -0.39 is 0 Å². The first-order chi connectivity index (χ1) is 11.1. The number of hydrogen-bond donors (Lipinski definition) is 0. The van der Waals surface area contributed by atoms with Crippen LogP contribution in [-0.4, -0.2) is 21.3 Å². The van der Waals surface area contributed by atoms with Crippen LogP contribution in [0.15, 0.2) is 48.2 Å². The van der Waals surface area contributed by atoms with Crippen molar-refractivity contribution in [2.45, 2.75) is 26.2 Å². The highest BCUT2D eigenvalue weighted by Gasteiger charge is 2.42. The number of hydrogen-bond acceptors (Lipinski definition) is 3. The molecule has 1 heterocycles. The molecule has 2 aliphatic carbocycles. The zero-order chi connectivity index (χ0) is 16.0. The summed E-state index contributed by atoms with van der Waals surface area (Å²) in [5, 5.41) is 4.33. The minimum atomic E-state index is -0.111. The maximum absolute atomic E-state index is 12.6. The largest absolute Gasteiger partial charge is 0.294 e. The first kappa shape index (κ1) is 14.1. The van der Waals surface area contributed by atoms with E-state index in [0.717, 1.165) is 36.2 Å². The highest BCUT2D eigenvalue weighted by molar-refractivity contribution is 6.12. The van der Waals surface area contributed by atoms with E-state index in [4.69, 9.17) is 0 Å². The van der Waals surface area contributed by atoms with Crippen molar-refractivity contribution in [2.75, 3.05) is 0 Å². The Balaban J connectivity index is 1.66. The van der Waals surface area contributed by atoms with Gasteiger partial charge in [0, 0.05) is 11.5 Å². The fourth-order valence-corrected chi connectivity index (χ4v) is 3.83. The van der Waals surface area contributed by atoms with Crippen LogP contribution in [0.4, 0.5) is 0 Å². The quantitative estimate of drug-likeness (QED) is 0.646. The average Bonchev–Trinajstić information content (AvgIpc) is 3.25. The van der Waals surface area contributed by atoms with E-state index in [1.54, 1.807) is 17.0 Å². The van der Waals surface area contributed by atoms with Gasteiger partial charge in [-0.05, 0) is 50.3 Å². The van der Waals surface area contributed by atoms with Crippen molar-refractivity contribution in [1.29, 1.82) is 0 Å². The van der Waals surface area contributed by atoms with Gasteiger partial charge in [0.2, 0.25) is 0 Å². The lowest BCUT2D eigenvalue weighted by Gasteiger charge is -2.11. The van der Waals surface area contributed by atoms with Gasteiger partial charge in [0.05, 0.1) is 23.1 Å². The maximum Gasteiger partial charge on any atom is 0.189 e. The van der Waals surface area contributed by atoms with Gasteiger partial charge in [0.25, 0.3) is 0 Å². The van der Waals surface area contributed by atoms with E-state index >= 15 is 0 Å². The van der Waals surface area contributed by atoms with Crippen LogP contribution in [0.1, 0.15) is 35.3 Å². The normalized spacial score (nSPS) is 24.6. The van der Waals surface area contributed by atoms with Crippen LogP contribution < -0.4 is 0 Å². The second kappa shape index (κ2) is 5.30. The molecule has 0 aliphatic heterocycles. The van der Waals surface area contributed by atoms with Crippen LogP contribution in [0, 0.1) is 18.8 Å². The van der Waals surface area contributed by atoms with Gasteiger partial charge in [-0.1, -0.05) is 18.2 Å². The minimum Gasteiger partial charge on any atom is -0.294 e. The summed E-state index contributed by atoms with van der Waals surface area (Å²) in [6.07, 6.45) is 6.11. The second-order valence-electron chi connectivity index (χ2n) is 6.43. The Labute approximate surface area is 134 Å². The molecule has 2 saturated carbocycles. The van der Waals surface area contributed by atoms with Crippen molar-refractivity contribution in [2.24, 2.45) is 11.8 Å². The molecule has 4 nitrogen and oxygen atoms in total. The smallest absolute Gasteiger partial charge is 0.189 e. The molecule has 0 spiro atoms. The molecule has 4 heteroatoms. The molecule has 1 aromatic carbocycles. The van der Waals surface area contributed by atoms with Crippen molar-refractivity contribution in [1.82, 2.24) is 9.78 Å². The summed E-state index contributed by atoms with van der Waals surface area (Å²) in [6, 6.07) is 9.72. The monoisotopic (exact) mass is 306 g/mol. The molecule has 23 heavy (non-hydrogen) atoms. The molecule has 2 aromatic rings. The fraction of sp³-hybridized carbons (Fsp3) is 0.316. The first-order valence-electron chi connectivity index (χ1n) is 8.05. The van der Waals surface area contributed by atoms with Gasteiger partial charge < -0.3 is 0 Å². The van der Waals surface area contributed by atoms with Gasteiger partial charge in [-0.25, -0.2) is 4.68 Å². The van der Waals surface area contributed by atoms with E-state index in [-0.39, 0.29) is 17.5 Å². The predicted octanol–water partition coefficient (Wildman–Crippen LogP) is 3.29. The van der Waals surface area contributed by atoms with Crippen molar-refractivity contribution >= 4 is 11.6 Å². The number of para-hydroxylation sites is 1. The highest BCUT2D eigenvalue weighted by Crippen LogP contribution is 2.45. The molecule has 0 N–H and O–H groups in total. The van der Waals surface area contributed by atoms with Gasteiger partial charge in [0.1, 0.15) is 0 Å². The molecule has 0 radical (unpaired) electrons. The number of benzene rings is 1. The lowest BCUT2D eigenvalue weighted by atomic mass is 9.92. The molecule has 2 bridgehead atoms. The molecule has 2 fully saturated rings. The predicted molar refractivity (Wildman–Crippen MR) is 86.6 cm³/mol. The number of allylic oxidation sites excluding steroid dienone is 2. The van der Waals surface area contributed by atoms with E-state index in [1.165, 1.54) is 0 Å². The van der Waals surface area contributed by atoms with Crippen LogP contribution in [0.3, 0.4) is 0 Å². The van der Waals surface area contributed by atoms with Crippen LogP contribution in [0.2, 0.25) is 0 Å². The van der Waals surface area contributed by atoms with Crippen molar-refractivity contribution in [3.63, 3.8) is 0 Å². The molecular weight excluding hydrogens is 288 g/mol. The maximum atomic E-state index is 12.6. The Morgan fingerprint density at radius 3 is 2.65 bits per heavy atom. The third-order valence-corrected chi connectivity index (χ3v) is 5.09. The minimum absolute atomic E-state index is 0.111. The third-order valence-electron chi connectivity index (χ3n) is 5.09. The summed E-state index contributed by atoms with van der Waals surface area (Å²) in [6.45, 7) is 1.88. The Morgan fingerprint density at radius 2 is 1.96 bits per heavy atom. The van der Waals surface area contributed by atoms with Crippen LogP contribution in [0.25, 0.3) is 5.69 Å². The second-order valence-corrected chi connectivity index (χ2v) is 6.43. The summed E-state index contributed by atoms with van der Waals surface area (Å²) >= 11 is 0. The summed E-state index contributed by atoms with van der Waals surface area (Å²) in [5.41, 5.74) is 3.02. The lowest BCUT2D eigenvalue weighted by molar-refractivity contribution is -0.118. The lowest BCUT2D eigenvalue weighted by Crippen LogP contribution is -2.14. The Bertz CT molecular complexity index is 817. The molecule has 4 rings (SSSR count). The molecule has 116 valence electrons. The van der Waals surface area contributed by atoms with E-state index in [0.29, 0.717) is 11.5 Å². The fourth-order valence-electron chi connectivity index (χ4n) is 3.83. The van der Waals surface area contributed by atoms with Gasteiger partial charge in [-0.2, -0.15) is 5.10 Å². The zero-order valence-corrected chi connectivity index (χ0v) is 13.0. The van der Waals surface area contributed by atoms with Gasteiger partial charge in [0.15, 0.2) is 11.6 Å². The number of nitrogens with zero attached hydrogens (tertiary/aromatic N) is 2. The van der Waals surface area contributed by atoms with Gasteiger partial charge in [-0.3, -0.25) is 9.59 Å². The highest BCUT2D eigenvalue weighted by atomic mass is 16.1. The number of rotatable bonds is 3. The van der Waals surface area contributed by atoms with E-state index in [9.17, 15) is 9.59 Å². The number of carbonyl (C=O) groups is 2. The third kappa shape index (κ3) is 2.25. The van der Waals surface area contributed by atoms with Crippen LogP contribution >= 0.6 is 0 Å². The summed E-state index contributed by atoms with van der Waals surface area (Å²) < 4.78 is 1.76. The standard InChI is InChI=1S/C19H18N2O2/c1-12-17(11-20-21(12)15-5-3-2-4-6-15)18(22)10-16-13-7-8-14(9-13)19(16)23/h2-6,10-11,13-14H,7-9H2,1H3/b16-10+. The Morgan fingerprint density at radius 1 is 1.22 bits per heavy atom. The topological polar surface area (TPSA) is 52.0 Å². The molecule has 2 aliphatic rings. The number of ketones is 2. The summed E-state index contributed by atoms with van der Waals surface area (Å²) in [5.74, 6) is 0.524. The van der Waals surface area contributed by atoms with Crippen LogP contribution in [-0.2, 0) is 4.79 Å². The van der Waals surface area contributed by atoms with Crippen molar-refractivity contribution in [3.8, 4) is 5.69 Å². The zero-order valence-electron chi connectivity index (χ0n) is 13.0. The van der Waals surface area contributed by atoms with Crippen molar-refractivity contribution in [3.05, 3.63) is 59.4 Å². The van der Waals surface area contributed by atoms with E-state index in [2.05, 4.69) is 5.10 Å². The number of aromatic nitrogens is 2. The molecule has 0 saturated heterocycles. The molecular formula is C19H18N2O2. The van der Waals surface area contributed by atoms with Gasteiger partial charge >= 0.3 is 0 Å². The Hall–Kier alpha value is -2.49. The van der Waals surface area contributed by atoms with Gasteiger partial charge in [-0.15, -0.1) is 0 Å². The summed E-state index contributed by atoms with van der Waals surface area (Å²) in [4.78, 5) is 24.8. The molecule has 2 atom stereocenters.